The van der Waals surface area contributed by atoms with Gasteiger partial charge in [0.15, 0.2) is 0 Å². The van der Waals surface area contributed by atoms with E-state index in [-0.39, 0.29) is 0 Å². The third-order valence-corrected chi connectivity index (χ3v) is 3.11. The molecule has 0 saturated heterocycles. The zero-order valence-corrected chi connectivity index (χ0v) is 8.80. The van der Waals surface area contributed by atoms with Crippen LogP contribution in [0.1, 0.15) is 27.2 Å². The van der Waals surface area contributed by atoms with Gasteiger partial charge in [0.2, 0.25) is 0 Å². The van der Waals surface area contributed by atoms with Crippen molar-refractivity contribution in [1.82, 2.24) is 0 Å². The van der Waals surface area contributed by atoms with Gasteiger partial charge in [0.1, 0.15) is 0 Å². The first-order chi connectivity index (χ1) is 5.65. The molecule has 0 spiro atoms. The molecule has 0 aromatic rings. The maximum absolute atomic E-state index is 2.45. The predicted octanol–water partition coefficient (Wildman–Crippen LogP) is 1.42. The van der Waals surface area contributed by atoms with E-state index in [1.54, 1.807) is 5.57 Å². The molecule has 0 saturated carbocycles. The molecule has 0 fully saturated rings. The van der Waals surface area contributed by atoms with Crippen LogP contribution in [0.3, 0.4) is 0 Å². The Hall–Kier alpha value is -0.300. The van der Waals surface area contributed by atoms with Gasteiger partial charge in [0.05, 0.1) is 13.6 Å². The minimum atomic E-state index is 0.782. The van der Waals surface area contributed by atoms with Crippen LogP contribution >= 0.6 is 0 Å². The average molecular weight is 168 g/mol. The highest BCUT2D eigenvalue weighted by atomic mass is 14.8. The van der Waals surface area contributed by atoms with Gasteiger partial charge in [0.25, 0.3) is 0 Å². The van der Waals surface area contributed by atoms with E-state index in [0.29, 0.717) is 0 Å². The molecule has 2 N–H and O–H groups in total. The van der Waals surface area contributed by atoms with E-state index in [1.165, 1.54) is 13.0 Å². The molecule has 0 aromatic heterocycles. The van der Waals surface area contributed by atoms with Crippen LogP contribution < -0.4 is 5.32 Å². The Bertz CT molecular complexity index is 172. The van der Waals surface area contributed by atoms with Crippen molar-refractivity contribution in [2.24, 2.45) is 17.8 Å². The first-order valence-electron chi connectivity index (χ1n) is 5.10. The summed E-state index contributed by atoms with van der Waals surface area (Å²) in [6.45, 7) is 8.29. The summed E-state index contributed by atoms with van der Waals surface area (Å²) in [4.78, 5) is 0. The lowest BCUT2D eigenvalue weighted by Crippen LogP contribution is -2.82. The highest BCUT2D eigenvalue weighted by molar-refractivity contribution is 5.07. The van der Waals surface area contributed by atoms with Gasteiger partial charge >= 0.3 is 0 Å². The van der Waals surface area contributed by atoms with Crippen LogP contribution in [-0.2, 0) is 0 Å². The molecule has 0 aromatic carbocycles. The SMILES string of the molecule is C[NH2+]C[C@H]1[C@H](C)C=C(C)C[C@@H]1C. The Kier molecular flexibility index (Phi) is 3.33. The molecule has 0 unspecified atom stereocenters. The summed E-state index contributed by atoms with van der Waals surface area (Å²) in [7, 11) is 2.17. The molecule has 1 aliphatic carbocycles. The van der Waals surface area contributed by atoms with Crippen LogP contribution in [0.4, 0.5) is 0 Å². The highest BCUT2D eigenvalue weighted by Gasteiger charge is 2.27. The lowest BCUT2D eigenvalue weighted by molar-refractivity contribution is -0.635. The molecule has 1 heteroatoms. The van der Waals surface area contributed by atoms with Gasteiger partial charge in [-0.15, -0.1) is 0 Å². The van der Waals surface area contributed by atoms with Crippen molar-refractivity contribution in [3.05, 3.63) is 11.6 Å². The van der Waals surface area contributed by atoms with Crippen molar-refractivity contribution in [2.75, 3.05) is 13.6 Å². The fourth-order valence-corrected chi connectivity index (χ4v) is 2.54. The van der Waals surface area contributed by atoms with E-state index in [4.69, 9.17) is 0 Å². The quantitative estimate of drug-likeness (QED) is 0.601. The van der Waals surface area contributed by atoms with Crippen molar-refractivity contribution in [2.45, 2.75) is 27.2 Å². The summed E-state index contributed by atoms with van der Waals surface area (Å²) < 4.78 is 0. The molecular weight excluding hydrogens is 146 g/mol. The second kappa shape index (κ2) is 4.08. The monoisotopic (exact) mass is 168 g/mol. The Morgan fingerprint density at radius 2 is 2.17 bits per heavy atom. The lowest BCUT2D eigenvalue weighted by Gasteiger charge is -2.31. The first-order valence-corrected chi connectivity index (χ1v) is 5.10. The van der Waals surface area contributed by atoms with E-state index in [0.717, 1.165) is 17.8 Å². The van der Waals surface area contributed by atoms with Crippen LogP contribution in [0.2, 0.25) is 0 Å². The van der Waals surface area contributed by atoms with E-state index in [9.17, 15) is 0 Å². The smallest absolute Gasteiger partial charge is 0.0790 e. The fraction of sp³-hybridized carbons (Fsp3) is 0.818. The minimum Gasteiger partial charge on any atom is -0.348 e. The Morgan fingerprint density at radius 3 is 2.67 bits per heavy atom. The van der Waals surface area contributed by atoms with Gasteiger partial charge in [0, 0.05) is 5.92 Å². The summed E-state index contributed by atoms with van der Waals surface area (Å²) in [5, 5.41) is 2.31. The Morgan fingerprint density at radius 1 is 1.50 bits per heavy atom. The van der Waals surface area contributed by atoms with Gasteiger partial charge < -0.3 is 5.32 Å². The lowest BCUT2D eigenvalue weighted by atomic mass is 9.75. The fourth-order valence-electron chi connectivity index (χ4n) is 2.54. The highest BCUT2D eigenvalue weighted by Crippen LogP contribution is 2.32. The summed E-state index contributed by atoms with van der Waals surface area (Å²) in [6, 6.07) is 0. The van der Waals surface area contributed by atoms with E-state index < -0.39 is 0 Å². The summed E-state index contributed by atoms with van der Waals surface area (Å²) in [5.41, 5.74) is 1.59. The van der Waals surface area contributed by atoms with E-state index >= 15 is 0 Å². The largest absolute Gasteiger partial charge is 0.348 e. The molecule has 1 rings (SSSR count). The number of hydrogen-bond acceptors (Lipinski definition) is 0. The van der Waals surface area contributed by atoms with Gasteiger partial charge in [-0.3, -0.25) is 0 Å². The summed E-state index contributed by atoms with van der Waals surface area (Å²) in [6.07, 6.45) is 3.76. The average Bonchev–Trinajstić information content (AvgIpc) is 1.96. The number of quaternary nitrogens is 1. The summed E-state index contributed by atoms with van der Waals surface area (Å²) >= 11 is 0. The number of rotatable bonds is 2. The van der Waals surface area contributed by atoms with Crippen molar-refractivity contribution in [3.63, 3.8) is 0 Å². The topological polar surface area (TPSA) is 16.6 Å². The second-order valence-electron chi connectivity index (χ2n) is 4.36. The molecule has 0 aliphatic heterocycles. The van der Waals surface area contributed by atoms with Crippen LogP contribution in [0.15, 0.2) is 11.6 Å². The zero-order valence-electron chi connectivity index (χ0n) is 8.80. The molecule has 1 aliphatic rings. The summed E-state index contributed by atoms with van der Waals surface area (Å²) in [5.74, 6) is 2.55. The Labute approximate surface area is 76.2 Å². The van der Waals surface area contributed by atoms with Crippen molar-refractivity contribution in [1.29, 1.82) is 0 Å². The zero-order chi connectivity index (χ0) is 9.14. The van der Waals surface area contributed by atoms with Crippen LogP contribution in [0.25, 0.3) is 0 Å². The van der Waals surface area contributed by atoms with E-state index in [1.807, 2.05) is 0 Å². The third-order valence-electron chi connectivity index (χ3n) is 3.11. The number of hydrogen-bond donors (Lipinski definition) is 1. The van der Waals surface area contributed by atoms with Crippen molar-refractivity contribution >= 4 is 0 Å². The Balaban J connectivity index is 2.62. The molecule has 0 bridgehead atoms. The normalized spacial score (nSPS) is 36.3. The molecular formula is C11H22N+. The maximum atomic E-state index is 2.45. The van der Waals surface area contributed by atoms with Crippen LogP contribution in [0, 0.1) is 17.8 Å². The third kappa shape index (κ3) is 2.10. The molecule has 12 heavy (non-hydrogen) atoms. The molecule has 0 radical (unpaired) electrons. The molecule has 0 heterocycles. The second-order valence-corrected chi connectivity index (χ2v) is 4.36. The first kappa shape index (κ1) is 9.79. The van der Waals surface area contributed by atoms with E-state index in [2.05, 4.69) is 39.2 Å². The van der Waals surface area contributed by atoms with Gasteiger partial charge in [-0.1, -0.05) is 25.5 Å². The van der Waals surface area contributed by atoms with Gasteiger partial charge in [-0.05, 0) is 25.2 Å². The minimum absolute atomic E-state index is 0.782. The molecule has 1 nitrogen and oxygen atoms in total. The molecule has 3 atom stereocenters. The van der Waals surface area contributed by atoms with Crippen LogP contribution in [-0.4, -0.2) is 13.6 Å². The maximum Gasteiger partial charge on any atom is 0.0790 e. The van der Waals surface area contributed by atoms with Gasteiger partial charge in [-0.25, -0.2) is 0 Å². The van der Waals surface area contributed by atoms with Crippen molar-refractivity contribution in [3.8, 4) is 0 Å². The number of allylic oxidation sites excluding steroid dienone is 2. The molecule has 0 amide bonds. The van der Waals surface area contributed by atoms with Crippen LogP contribution in [0.5, 0.6) is 0 Å². The van der Waals surface area contributed by atoms with Gasteiger partial charge in [-0.2, -0.15) is 0 Å². The molecule has 70 valence electrons. The number of nitrogens with two attached hydrogens (primary N) is 1. The standard InChI is InChI=1S/C11H21N/c1-8-5-9(2)11(7-12-4)10(3)6-8/h5,9-12H,6-7H2,1-4H3/p+1/t9-,10+,11+/m1/s1. The predicted molar refractivity (Wildman–Crippen MR) is 52.9 cm³/mol. The van der Waals surface area contributed by atoms with Crippen molar-refractivity contribution < 1.29 is 5.32 Å².